The quantitative estimate of drug-likeness (QED) is 0.889. The van der Waals surface area contributed by atoms with E-state index in [2.05, 4.69) is 20.2 Å². The molecule has 0 saturated carbocycles. The number of phenols is 1. The molecule has 0 aliphatic carbocycles. The SMILES string of the molecule is O=C(NCC1CCCN(c2ncccn2)C1)c1ccc(O)c(Cl)c1. The van der Waals surface area contributed by atoms with Crippen LogP contribution in [0.5, 0.6) is 5.75 Å². The Bertz CT molecular complexity index is 711. The lowest BCUT2D eigenvalue weighted by Gasteiger charge is -2.32. The standard InChI is InChI=1S/C17H19ClN4O2/c18-14-9-13(4-5-15(14)23)16(24)21-10-12-3-1-8-22(11-12)17-19-6-2-7-20-17/h2,4-7,9,12,23H,1,3,8,10-11H2,(H,21,24). The normalized spacial score (nSPS) is 17.5. The molecule has 0 bridgehead atoms. The Balaban J connectivity index is 1.56. The van der Waals surface area contributed by atoms with Gasteiger partial charge in [-0.05, 0) is 43.0 Å². The summed E-state index contributed by atoms with van der Waals surface area (Å²) in [7, 11) is 0. The summed E-state index contributed by atoms with van der Waals surface area (Å²) in [6, 6.07) is 6.25. The molecule has 2 aromatic rings. The molecule has 0 radical (unpaired) electrons. The van der Waals surface area contributed by atoms with Gasteiger partial charge in [-0.15, -0.1) is 0 Å². The first-order valence-electron chi connectivity index (χ1n) is 7.92. The fourth-order valence-corrected chi connectivity index (χ4v) is 3.04. The van der Waals surface area contributed by atoms with E-state index in [9.17, 15) is 9.90 Å². The second-order valence-electron chi connectivity index (χ2n) is 5.88. The number of hydrogen-bond donors (Lipinski definition) is 2. The molecular weight excluding hydrogens is 328 g/mol. The van der Waals surface area contributed by atoms with Crippen molar-refractivity contribution in [3.8, 4) is 5.75 Å². The highest BCUT2D eigenvalue weighted by Crippen LogP contribution is 2.24. The van der Waals surface area contributed by atoms with Gasteiger partial charge in [0.15, 0.2) is 0 Å². The average Bonchev–Trinajstić information content (AvgIpc) is 2.63. The molecule has 1 saturated heterocycles. The fraction of sp³-hybridized carbons (Fsp3) is 0.353. The minimum Gasteiger partial charge on any atom is -0.506 e. The predicted molar refractivity (Wildman–Crippen MR) is 92.4 cm³/mol. The molecule has 1 unspecified atom stereocenters. The predicted octanol–water partition coefficient (Wildman–Crippen LogP) is 2.48. The summed E-state index contributed by atoms with van der Waals surface area (Å²) in [5, 5.41) is 12.5. The Hall–Kier alpha value is -2.34. The topological polar surface area (TPSA) is 78.4 Å². The molecule has 1 amide bonds. The summed E-state index contributed by atoms with van der Waals surface area (Å²) in [5.41, 5.74) is 0.442. The molecule has 2 N–H and O–H groups in total. The minimum atomic E-state index is -0.190. The van der Waals surface area contributed by atoms with Gasteiger partial charge in [0.25, 0.3) is 5.91 Å². The first-order chi connectivity index (χ1) is 11.6. The number of piperidine rings is 1. The molecule has 1 atom stereocenters. The lowest BCUT2D eigenvalue weighted by Crippen LogP contribution is -2.41. The largest absolute Gasteiger partial charge is 0.506 e. The van der Waals surface area contributed by atoms with E-state index in [0.29, 0.717) is 18.0 Å². The Morgan fingerprint density at radius 2 is 2.17 bits per heavy atom. The molecule has 1 fully saturated rings. The van der Waals surface area contributed by atoms with Crippen LogP contribution in [0.3, 0.4) is 0 Å². The Kier molecular flexibility index (Phi) is 5.15. The summed E-state index contributed by atoms with van der Waals surface area (Å²) in [5.74, 6) is 0.863. The van der Waals surface area contributed by atoms with Crippen LogP contribution in [0.4, 0.5) is 5.95 Å². The van der Waals surface area contributed by atoms with Gasteiger partial charge >= 0.3 is 0 Å². The minimum absolute atomic E-state index is 0.0287. The molecule has 3 rings (SSSR count). The van der Waals surface area contributed by atoms with Crippen LogP contribution < -0.4 is 10.2 Å². The number of rotatable bonds is 4. The number of aromatic nitrogens is 2. The number of benzene rings is 1. The first kappa shape index (κ1) is 16.5. The summed E-state index contributed by atoms with van der Waals surface area (Å²) >= 11 is 5.84. The molecule has 0 spiro atoms. The number of nitrogens with one attached hydrogen (secondary N) is 1. The Morgan fingerprint density at radius 1 is 1.38 bits per heavy atom. The highest BCUT2D eigenvalue weighted by molar-refractivity contribution is 6.32. The third-order valence-corrected chi connectivity index (χ3v) is 4.42. The van der Waals surface area contributed by atoms with Crippen molar-refractivity contribution in [2.75, 3.05) is 24.5 Å². The fourth-order valence-electron chi connectivity index (χ4n) is 2.86. The van der Waals surface area contributed by atoms with Gasteiger partial charge < -0.3 is 15.3 Å². The van der Waals surface area contributed by atoms with Crippen LogP contribution >= 0.6 is 11.6 Å². The van der Waals surface area contributed by atoms with Gasteiger partial charge in [0.05, 0.1) is 5.02 Å². The van der Waals surface area contributed by atoms with Crippen molar-refractivity contribution in [3.63, 3.8) is 0 Å². The van der Waals surface area contributed by atoms with E-state index in [4.69, 9.17) is 11.6 Å². The lowest BCUT2D eigenvalue weighted by atomic mass is 9.98. The van der Waals surface area contributed by atoms with Gasteiger partial charge in [0.1, 0.15) is 5.75 Å². The van der Waals surface area contributed by atoms with Gasteiger partial charge in [0.2, 0.25) is 5.95 Å². The molecule has 1 aromatic carbocycles. The number of carbonyl (C=O) groups excluding carboxylic acids is 1. The molecule has 2 heterocycles. The van der Waals surface area contributed by atoms with Crippen LogP contribution in [0.2, 0.25) is 5.02 Å². The van der Waals surface area contributed by atoms with Crippen molar-refractivity contribution < 1.29 is 9.90 Å². The van der Waals surface area contributed by atoms with E-state index < -0.39 is 0 Å². The molecule has 1 aromatic heterocycles. The van der Waals surface area contributed by atoms with Gasteiger partial charge in [-0.2, -0.15) is 0 Å². The number of aromatic hydroxyl groups is 1. The van der Waals surface area contributed by atoms with E-state index in [0.717, 1.165) is 31.9 Å². The number of carbonyl (C=O) groups is 1. The van der Waals surface area contributed by atoms with E-state index >= 15 is 0 Å². The van der Waals surface area contributed by atoms with E-state index in [1.54, 1.807) is 24.5 Å². The summed E-state index contributed by atoms with van der Waals surface area (Å²) < 4.78 is 0. The molecule has 24 heavy (non-hydrogen) atoms. The Labute approximate surface area is 145 Å². The van der Waals surface area contributed by atoms with Crippen LogP contribution in [0, 0.1) is 5.92 Å². The average molecular weight is 347 g/mol. The number of nitrogens with zero attached hydrogens (tertiary/aromatic N) is 3. The third kappa shape index (κ3) is 3.94. The first-order valence-corrected chi connectivity index (χ1v) is 8.30. The smallest absolute Gasteiger partial charge is 0.251 e. The zero-order chi connectivity index (χ0) is 16.9. The Morgan fingerprint density at radius 3 is 2.92 bits per heavy atom. The van der Waals surface area contributed by atoms with Crippen LogP contribution in [0.1, 0.15) is 23.2 Å². The third-order valence-electron chi connectivity index (χ3n) is 4.12. The van der Waals surface area contributed by atoms with Gasteiger partial charge in [-0.1, -0.05) is 11.6 Å². The van der Waals surface area contributed by atoms with Gasteiger partial charge in [0, 0.05) is 37.6 Å². The number of amides is 1. The summed E-state index contributed by atoms with van der Waals surface area (Å²) in [6.45, 7) is 2.34. The van der Waals surface area contributed by atoms with Crippen molar-refractivity contribution in [1.82, 2.24) is 15.3 Å². The number of halogens is 1. The van der Waals surface area contributed by atoms with Gasteiger partial charge in [-0.3, -0.25) is 4.79 Å². The van der Waals surface area contributed by atoms with Crippen molar-refractivity contribution in [2.45, 2.75) is 12.8 Å². The van der Waals surface area contributed by atoms with Crippen LogP contribution in [-0.2, 0) is 0 Å². The molecule has 126 valence electrons. The number of phenolic OH excluding ortho intramolecular Hbond substituents is 1. The van der Waals surface area contributed by atoms with Crippen LogP contribution in [0.25, 0.3) is 0 Å². The second-order valence-corrected chi connectivity index (χ2v) is 6.29. The zero-order valence-electron chi connectivity index (χ0n) is 13.2. The van der Waals surface area contributed by atoms with Crippen molar-refractivity contribution >= 4 is 23.5 Å². The maximum Gasteiger partial charge on any atom is 0.251 e. The second kappa shape index (κ2) is 7.49. The molecule has 1 aliphatic heterocycles. The number of anilines is 1. The summed E-state index contributed by atoms with van der Waals surface area (Å²) in [4.78, 5) is 22.9. The molecule has 1 aliphatic rings. The van der Waals surface area contributed by atoms with E-state index in [1.165, 1.54) is 12.1 Å². The molecule has 7 heteroatoms. The van der Waals surface area contributed by atoms with Crippen molar-refractivity contribution in [3.05, 3.63) is 47.2 Å². The lowest BCUT2D eigenvalue weighted by molar-refractivity contribution is 0.0945. The zero-order valence-corrected chi connectivity index (χ0v) is 13.9. The number of hydrogen-bond acceptors (Lipinski definition) is 5. The van der Waals surface area contributed by atoms with Crippen LogP contribution in [-0.4, -0.2) is 40.6 Å². The van der Waals surface area contributed by atoms with Crippen LogP contribution in [0.15, 0.2) is 36.7 Å². The highest BCUT2D eigenvalue weighted by atomic mass is 35.5. The van der Waals surface area contributed by atoms with Gasteiger partial charge in [-0.25, -0.2) is 9.97 Å². The summed E-state index contributed by atoms with van der Waals surface area (Å²) in [6.07, 6.45) is 5.58. The monoisotopic (exact) mass is 346 g/mol. The maximum atomic E-state index is 12.2. The molecule has 6 nitrogen and oxygen atoms in total. The van der Waals surface area contributed by atoms with E-state index in [-0.39, 0.29) is 16.7 Å². The maximum absolute atomic E-state index is 12.2. The van der Waals surface area contributed by atoms with Crippen molar-refractivity contribution in [1.29, 1.82) is 0 Å². The molecular formula is C17H19ClN4O2. The van der Waals surface area contributed by atoms with Crippen molar-refractivity contribution in [2.24, 2.45) is 5.92 Å². The van der Waals surface area contributed by atoms with E-state index in [1.807, 2.05) is 0 Å². The highest BCUT2D eigenvalue weighted by Gasteiger charge is 2.22.